The highest BCUT2D eigenvalue weighted by Gasteiger charge is 2.12. The average molecular weight is 338 g/mol. The van der Waals surface area contributed by atoms with E-state index in [1.165, 1.54) is 11.3 Å². The van der Waals surface area contributed by atoms with E-state index in [1.54, 1.807) is 0 Å². The first-order valence-corrected chi connectivity index (χ1v) is 7.17. The van der Waals surface area contributed by atoms with Crippen molar-refractivity contribution in [3.8, 4) is 10.6 Å². The predicted molar refractivity (Wildman–Crippen MR) is 83.3 cm³/mol. The smallest absolute Gasteiger partial charge is 0.331 e. The molecule has 1 aromatic heterocycles. The Hall–Kier alpha value is -2.75. The molecule has 120 valence electrons. The number of nitrogens with two attached hydrogens (primary N) is 1. The number of hydrazone groups is 1. The number of hydrogen-bond donors (Lipinski definition) is 2. The topological polar surface area (TPSA) is 106 Å². The van der Waals surface area contributed by atoms with E-state index in [9.17, 15) is 13.6 Å². The van der Waals surface area contributed by atoms with Gasteiger partial charge in [-0.2, -0.15) is 13.9 Å². The molecule has 0 aliphatic carbocycles. The highest BCUT2D eigenvalue weighted by Crippen LogP contribution is 2.22. The van der Waals surface area contributed by atoms with Crippen molar-refractivity contribution in [1.29, 1.82) is 0 Å². The van der Waals surface area contributed by atoms with Crippen molar-refractivity contribution >= 4 is 29.2 Å². The molecule has 2 rings (SSSR count). The number of aliphatic imine (C=N–C) groups is 1. The Balaban J connectivity index is 1.96. The zero-order valence-corrected chi connectivity index (χ0v) is 12.5. The summed E-state index contributed by atoms with van der Waals surface area (Å²) in [5.74, 6) is 4.25. The van der Waals surface area contributed by atoms with Gasteiger partial charge in [-0.1, -0.05) is 41.7 Å². The third kappa shape index (κ3) is 4.88. The first kappa shape index (κ1) is 16.6. The van der Waals surface area contributed by atoms with Gasteiger partial charge in [0.15, 0.2) is 5.71 Å². The molecule has 0 aliphatic rings. The standard InChI is InChI=1S/C13H12F2N6OS/c14-13(15)18-6-9(19-16)11(22)17-7-10-20-21-12(23-10)8-4-2-1-3-5-8/h1-6,13H,7,16H2,(H,17,22)/b18-6+,19-9+. The number of carbonyl (C=O) groups is 1. The van der Waals surface area contributed by atoms with Crippen LogP contribution in [0.5, 0.6) is 0 Å². The summed E-state index contributed by atoms with van der Waals surface area (Å²) in [5.41, 5.74) is 0.508. The van der Waals surface area contributed by atoms with Crippen molar-refractivity contribution in [3.63, 3.8) is 0 Å². The van der Waals surface area contributed by atoms with Crippen molar-refractivity contribution in [1.82, 2.24) is 15.5 Å². The quantitative estimate of drug-likeness (QED) is 0.360. The van der Waals surface area contributed by atoms with Crippen molar-refractivity contribution in [2.45, 2.75) is 13.1 Å². The van der Waals surface area contributed by atoms with Crippen molar-refractivity contribution in [2.75, 3.05) is 0 Å². The molecule has 0 fully saturated rings. The minimum atomic E-state index is -2.93. The second-order valence-corrected chi connectivity index (χ2v) is 5.18. The lowest BCUT2D eigenvalue weighted by molar-refractivity contribution is -0.114. The third-order valence-electron chi connectivity index (χ3n) is 2.57. The van der Waals surface area contributed by atoms with E-state index in [2.05, 4.69) is 25.6 Å². The molecular weight excluding hydrogens is 326 g/mol. The molecule has 1 heterocycles. The number of aromatic nitrogens is 2. The summed E-state index contributed by atoms with van der Waals surface area (Å²) in [4.78, 5) is 14.5. The molecule has 2 aromatic rings. The lowest BCUT2D eigenvalue weighted by Crippen LogP contribution is -2.32. The Labute approximate surface area is 134 Å². The van der Waals surface area contributed by atoms with Crippen LogP contribution in [-0.4, -0.2) is 34.6 Å². The van der Waals surface area contributed by atoms with Crippen LogP contribution in [0.4, 0.5) is 8.78 Å². The zero-order valence-electron chi connectivity index (χ0n) is 11.7. The summed E-state index contributed by atoms with van der Waals surface area (Å²) in [6.45, 7) is -2.86. The predicted octanol–water partition coefficient (Wildman–Crippen LogP) is 1.43. The van der Waals surface area contributed by atoms with Gasteiger partial charge in [0.25, 0.3) is 5.91 Å². The van der Waals surface area contributed by atoms with E-state index in [4.69, 9.17) is 5.84 Å². The summed E-state index contributed by atoms with van der Waals surface area (Å²) in [6, 6.07) is 9.43. The van der Waals surface area contributed by atoms with Gasteiger partial charge in [-0.3, -0.25) is 4.79 Å². The number of nitrogens with one attached hydrogen (secondary N) is 1. The normalized spacial score (nSPS) is 12.0. The fraction of sp³-hybridized carbons (Fsp3) is 0.154. The fourth-order valence-electron chi connectivity index (χ4n) is 1.55. The largest absolute Gasteiger partial charge is 0.344 e. The molecule has 7 nitrogen and oxygen atoms in total. The number of hydrogen-bond acceptors (Lipinski definition) is 7. The molecule has 0 spiro atoms. The van der Waals surface area contributed by atoms with E-state index >= 15 is 0 Å². The van der Waals surface area contributed by atoms with E-state index in [-0.39, 0.29) is 6.54 Å². The molecule has 0 unspecified atom stereocenters. The molecule has 0 saturated heterocycles. The van der Waals surface area contributed by atoms with Gasteiger partial charge in [0.2, 0.25) is 0 Å². The maximum absolute atomic E-state index is 12.0. The molecule has 0 atom stereocenters. The molecule has 0 aliphatic heterocycles. The fourth-order valence-corrected chi connectivity index (χ4v) is 2.33. The molecule has 0 bridgehead atoms. The maximum Gasteiger partial charge on any atom is 0.331 e. The molecule has 10 heteroatoms. The third-order valence-corrected chi connectivity index (χ3v) is 3.54. The Morgan fingerprint density at radius 2 is 2.09 bits per heavy atom. The van der Waals surface area contributed by atoms with Gasteiger partial charge in [-0.05, 0) is 0 Å². The number of amides is 1. The van der Waals surface area contributed by atoms with Gasteiger partial charge in [-0.15, -0.1) is 10.2 Å². The van der Waals surface area contributed by atoms with Crippen molar-refractivity contribution < 1.29 is 13.6 Å². The second kappa shape index (κ2) is 8.03. The summed E-state index contributed by atoms with van der Waals surface area (Å²) in [5, 5.41) is 14.8. The maximum atomic E-state index is 12.0. The highest BCUT2D eigenvalue weighted by molar-refractivity contribution is 7.14. The number of halogens is 2. The molecule has 3 N–H and O–H groups in total. The van der Waals surface area contributed by atoms with Crippen LogP contribution < -0.4 is 11.2 Å². The lowest BCUT2D eigenvalue weighted by atomic mass is 10.2. The molecular formula is C13H12F2N6OS. The first-order chi connectivity index (χ1) is 11.1. The van der Waals surface area contributed by atoms with E-state index in [0.29, 0.717) is 16.2 Å². The Morgan fingerprint density at radius 3 is 2.74 bits per heavy atom. The monoisotopic (exact) mass is 338 g/mol. The SMILES string of the molecule is N/N=C(\C=N\C(F)F)C(=O)NCc1nnc(-c2ccccc2)s1. The summed E-state index contributed by atoms with van der Waals surface area (Å²) < 4.78 is 23.9. The Kier molecular flexibility index (Phi) is 5.80. The molecule has 0 radical (unpaired) electrons. The molecule has 1 amide bonds. The van der Waals surface area contributed by atoms with Crippen LogP contribution in [0.1, 0.15) is 5.01 Å². The van der Waals surface area contributed by atoms with Crippen LogP contribution in [-0.2, 0) is 11.3 Å². The zero-order chi connectivity index (χ0) is 16.7. The molecule has 1 aromatic carbocycles. The number of rotatable bonds is 6. The number of carbonyl (C=O) groups excluding carboxylic acids is 1. The average Bonchev–Trinajstić information content (AvgIpc) is 3.03. The summed E-state index contributed by atoms with van der Waals surface area (Å²) in [6.07, 6.45) is 0.621. The number of alkyl halides is 2. The van der Waals surface area contributed by atoms with Gasteiger partial charge in [-0.25, -0.2) is 4.99 Å². The minimum absolute atomic E-state index is 0.0743. The van der Waals surface area contributed by atoms with Crippen LogP contribution >= 0.6 is 11.3 Å². The summed E-state index contributed by atoms with van der Waals surface area (Å²) in [7, 11) is 0. The molecule has 0 saturated carbocycles. The van der Waals surface area contributed by atoms with Crippen molar-refractivity contribution in [2.24, 2.45) is 15.9 Å². The van der Waals surface area contributed by atoms with Crippen LogP contribution in [0.3, 0.4) is 0 Å². The second-order valence-electron chi connectivity index (χ2n) is 4.12. The first-order valence-electron chi connectivity index (χ1n) is 6.35. The summed E-state index contributed by atoms with van der Waals surface area (Å²) >= 11 is 1.30. The highest BCUT2D eigenvalue weighted by atomic mass is 32.1. The minimum Gasteiger partial charge on any atom is -0.344 e. The van der Waals surface area contributed by atoms with Gasteiger partial charge < -0.3 is 11.2 Å². The molecule has 23 heavy (non-hydrogen) atoms. The van der Waals surface area contributed by atoms with Gasteiger partial charge in [0.05, 0.1) is 12.8 Å². The van der Waals surface area contributed by atoms with Gasteiger partial charge in [0.1, 0.15) is 10.0 Å². The van der Waals surface area contributed by atoms with Gasteiger partial charge in [0, 0.05) is 5.56 Å². The van der Waals surface area contributed by atoms with Gasteiger partial charge >= 0.3 is 6.55 Å². The van der Waals surface area contributed by atoms with E-state index in [0.717, 1.165) is 5.56 Å². The van der Waals surface area contributed by atoms with Crippen LogP contribution in [0.25, 0.3) is 10.6 Å². The number of benzene rings is 1. The Bertz CT molecular complexity index is 716. The van der Waals surface area contributed by atoms with Crippen LogP contribution in [0.15, 0.2) is 40.4 Å². The van der Waals surface area contributed by atoms with Crippen LogP contribution in [0.2, 0.25) is 0 Å². The van der Waals surface area contributed by atoms with E-state index < -0.39 is 18.2 Å². The van der Waals surface area contributed by atoms with Crippen LogP contribution in [0, 0.1) is 0 Å². The lowest BCUT2D eigenvalue weighted by Gasteiger charge is -2.01. The Morgan fingerprint density at radius 1 is 1.35 bits per heavy atom. The van der Waals surface area contributed by atoms with Crippen molar-refractivity contribution in [3.05, 3.63) is 35.3 Å². The van der Waals surface area contributed by atoms with E-state index in [1.807, 2.05) is 30.3 Å². The number of nitrogens with zero attached hydrogens (tertiary/aromatic N) is 4.